The van der Waals surface area contributed by atoms with Gasteiger partial charge in [-0.15, -0.1) is 6.58 Å². The van der Waals surface area contributed by atoms with Crippen molar-refractivity contribution >= 4 is 11.9 Å². The molecule has 0 N–H and O–H groups in total. The van der Waals surface area contributed by atoms with Crippen LogP contribution in [0.4, 0.5) is 0 Å². The number of ether oxygens (including phenoxy) is 3. The lowest BCUT2D eigenvalue weighted by molar-refractivity contribution is 0.0161. The van der Waals surface area contributed by atoms with Gasteiger partial charge in [0, 0.05) is 0 Å². The highest BCUT2D eigenvalue weighted by Gasteiger charge is 2.24. The van der Waals surface area contributed by atoms with Gasteiger partial charge in [0.1, 0.15) is 17.6 Å². The largest absolute Gasteiger partial charge is 0.494 e. The molecule has 1 aliphatic rings. The van der Waals surface area contributed by atoms with Crippen molar-refractivity contribution < 1.29 is 23.8 Å². The maximum atomic E-state index is 12.6. The molecule has 2 aromatic rings. The molecule has 0 radical (unpaired) electrons. The van der Waals surface area contributed by atoms with Crippen LogP contribution in [0.2, 0.25) is 0 Å². The van der Waals surface area contributed by atoms with E-state index in [9.17, 15) is 9.59 Å². The van der Waals surface area contributed by atoms with E-state index in [1.54, 1.807) is 48.5 Å². The molecule has 0 spiro atoms. The van der Waals surface area contributed by atoms with Gasteiger partial charge < -0.3 is 14.2 Å². The van der Waals surface area contributed by atoms with Gasteiger partial charge in [0.25, 0.3) is 0 Å². The lowest BCUT2D eigenvalue weighted by Crippen LogP contribution is -2.24. The SMILES string of the molecule is C=CCCCCC1CCC(OC(=O)c2ccc(OC(=O)c3ccc(OCCCCCCCC)cc3)cc2)CC1. The molecule has 2 aromatic carbocycles. The summed E-state index contributed by atoms with van der Waals surface area (Å²) < 4.78 is 17.0. The zero-order chi connectivity index (χ0) is 27.7. The summed E-state index contributed by atoms with van der Waals surface area (Å²) in [6.45, 7) is 6.68. The van der Waals surface area contributed by atoms with Crippen LogP contribution < -0.4 is 9.47 Å². The third kappa shape index (κ3) is 11.3. The van der Waals surface area contributed by atoms with Gasteiger partial charge in [-0.25, -0.2) is 9.59 Å². The van der Waals surface area contributed by atoms with Crippen LogP contribution in [0.5, 0.6) is 11.5 Å². The van der Waals surface area contributed by atoms with E-state index in [-0.39, 0.29) is 12.1 Å². The van der Waals surface area contributed by atoms with Crippen molar-refractivity contribution in [2.45, 2.75) is 103 Å². The summed E-state index contributed by atoms with van der Waals surface area (Å²) >= 11 is 0. The van der Waals surface area contributed by atoms with Crippen LogP contribution in [0.3, 0.4) is 0 Å². The Balaban J connectivity index is 1.36. The molecule has 1 aliphatic carbocycles. The van der Waals surface area contributed by atoms with Crippen LogP contribution in [0.1, 0.15) is 118 Å². The lowest BCUT2D eigenvalue weighted by Gasteiger charge is -2.28. The van der Waals surface area contributed by atoms with Crippen LogP contribution in [-0.2, 0) is 4.74 Å². The third-order valence-electron chi connectivity index (χ3n) is 7.50. The Morgan fingerprint density at radius 1 is 0.769 bits per heavy atom. The number of hydrogen-bond donors (Lipinski definition) is 0. The molecule has 0 atom stereocenters. The monoisotopic (exact) mass is 534 g/mol. The maximum Gasteiger partial charge on any atom is 0.343 e. The standard InChI is InChI=1S/C34H46O5/c1-3-5-7-9-10-12-26-37-30-22-16-28(17-23-30)33(35)39-32-24-18-29(19-25-32)34(36)38-31-20-14-27(15-21-31)13-11-8-6-4-2/h4,16-19,22-25,27,31H,2-3,5-15,20-21,26H2,1H3. The average Bonchev–Trinajstić information content (AvgIpc) is 2.96. The molecular formula is C34H46O5. The zero-order valence-corrected chi connectivity index (χ0v) is 23.7. The summed E-state index contributed by atoms with van der Waals surface area (Å²) in [5, 5.41) is 0. The fourth-order valence-electron chi connectivity index (χ4n) is 5.06. The predicted octanol–water partition coefficient (Wildman–Crippen LogP) is 9.11. The van der Waals surface area contributed by atoms with E-state index in [0.717, 1.165) is 50.2 Å². The van der Waals surface area contributed by atoms with E-state index in [1.165, 1.54) is 51.4 Å². The number of benzene rings is 2. The van der Waals surface area contributed by atoms with Crippen molar-refractivity contribution in [2.75, 3.05) is 6.61 Å². The lowest BCUT2D eigenvalue weighted by atomic mass is 9.84. The predicted molar refractivity (Wildman–Crippen MR) is 157 cm³/mol. The number of carbonyl (C=O) groups excluding carboxylic acids is 2. The van der Waals surface area contributed by atoms with Gasteiger partial charge in [0.05, 0.1) is 17.7 Å². The van der Waals surface area contributed by atoms with Gasteiger partial charge in [-0.1, -0.05) is 57.9 Å². The molecule has 0 bridgehead atoms. The number of unbranched alkanes of at least 4 members (excludes halogenated alkanes) is 7. The summed E-state index contributed by atoms with van der Waals surface area (Å²) in [7, 11) is 0. The van der Waals surface area contributed by atoms with Crippen molar-refractivity contribution in [3.63, 3.8) is 0 Å². The molecule has 0 heterocycles. The zero-order valence-electron chi connectivity index (χ0n) is 23.7. The van der Waals surface area contributed by atoms with E-state index in [1.807, 2.05) is 6.08 Å². The average molecular weight is 535 g/mol. The highest BCUT2D eigenvalue weighted by atomic mass is 16.5. The van der Waals surface area contributed by atoms with Crippen molar-refractivity contribution in [1.82, 2.24) is 0 Å². The fraction of sp³-hybridized carbons (Fsp3) is 0.529. The number of allylic oxidation sites excluding steroid dienone is 1. The first-order valence-corrected chi connectivity index (χ1v) is 15.0. The van der Waals surface area contributed by atoms with E-state index in [0.29, 0.717) is 23.5 Å². The van der Waals surface area contributed by atoms with Crippen LogP contribution in [0.25, 0.3) is 0 Å². The topological polar surface area (TPSA) is 61.8 Å². The van der Waals surface area contributed by atoms with Crippen LogP contribution in [0, 0.1) is 5.92 Å². The summed E-state index contributed by atoms with van der Waals surface area (Å²) in [6.07, 6.45) is 18.2. The van der Waals surface area contributed by atoms with E-state index in [2.05, 4.69) is 13.5 Å². The van der Waals surface area contributed by atoms with Crippen LogP contribution >= 0.6 is 0 Å². The second-order valence-electron chi connectivity index (χ2n) is 10.7. The van der Waals surface area contributed by atoms with Gasteiger partial charge in [-0.3, -0.25) is 0 Å². The molecule has 1 fully saturated rings. The molecule has 212 valence electrons. The first-order valence-electron chi connectivity index (χ1n) is 15.0. The van der Waals surface area contributed by atoms with Gasteiger partial charge in [-0.2, -0.15) is 0 Å². The van der Waals surface area contributed by atoms with Crippen LogP contribution in [-0.4, -0.2) is 24.6 Å². The Hall–Kier alpha value is -3.08. The minimum absolute atomic E-state index is 0.0165. The minimum atomic E-state index is -0.450. The quantitative estimate of drug-likeness (QED) is 0.0876. The van der Waals surface area contributed by atoms with E-state index >= 15 is 0 Å². The smallest absolute Gasteiger partial charge is 0.343 e. The minimum Gasteiger partial charge on any atom is -0.494 e. The molecule has 1 saturated carbocycles. The van der Waals surface area contributed by atoms with Crippen molar-refractivity contribution in [2.24, 2.45) is 5.92 Å². The fourth-order valence-corrected chi connectivity index (χ4v) is 5.06. The molecule has 0 amide bonds. The highest BCUT2D eigenvalue weighted by molar-refractivity contribution is 5.92. The molecule has 0 aliphatic heterocycles. The highest BCUT2D eigenvalue weighted by Crippen LogP contribution is 2.30. The number of hydrogen-bond acceptors (Lipinski definition) is 5. The summed E-state index contributed by atoms with van der Waals surface area (Å²) in [5.74, 6) is 1.11. The Bertz CT molecular complexity index is 987. The molecule has 0 saturated heterocycles. The van der Waals surface area contributed by atoms with Gasteiger partial charge in [0.15, 0.2) is 0 Å². The summed E-state index contributed by atoms with van der Waals surface area (Å²) in [4.78, 5) is 25.2. The normalized spacial score (nSPS) is 16.8. The molecule has 0 aromatic heterocycles. The summed E-state index contributed by atoms with van der Waals surface area (Å²) in [5.41, 5.74) is 0.912. The van der Waals surface area contributed by atoms with Gasteiger partial charge >= 0.3 is 11.9 Å². The maximum absolute atomic E-state index is 12.6. The molecule has 5 heteroatoms. The molecule has 39 heavy (non-hydrogen) atoms. The van der Waals surface area contributed by atoms with Crippen LogP contribution in [0.15, 0.2) is 61.2 Å². The Morgan fingerprint density at radius 2 is 1.38 bits per heavy atom. The van der Waals surface area contributed by atoms with Gasteiger partial charge in [-0.05, 0) is 99.4 Å². The van der Waals surface area contributed by atoms with E-state index < -0.39 is 5.97 Å². The van der Waals surface area contributed by atoms with Gasteiger partial charge in [0.2, 0.25) is 0 Å². The molecule has 3 rings (SSSR count). The Kier molecular flexibility index (Phi) is 13.7. The second kappa shape index (κ2) is 17.5. The van der Waals surface area contributed by atoms with Crippen molar-refractivity contribution in [3.8, 4) is 11.5 Å². The molecule has 0 unspecified atom stereocenters. The number of rotatable bonds is 17. The second-order valence-corrected chi connectivity index (χ2v) is 10.7. The third-order valence-corrected chi connectivity index (χ3v) is 7.50. The van der Waals surface area contributed by atoms with E-state index in [4.69, 9.17) is 14.2 Å². The summed E-state index contributed by atoms with van der Waals surface area (Å²) in [6, 6.07) is 13.6. The van der Waals surface area contributed by atoms with Crippen molar-refractivity contribution in [1.29, 1.82) is 0 Å². The Labute approximate surface area is 234 Å². The number of esters is 2. The molecular weight excluding hydrogens is 488 g/mol. The molecule has 5 nitrogen and oxygen atoms in total. The van der Waals surface area contributed by atoms with Crippen molar-refractivity contribution in [3.05, 3.63) is 72.3 Å². The number of carbonyl (C=O) groups is 2. The first-order chi connectivity index (χ1) is 19.1. The first kappa shape index (κ1) is 30.5. The Morgan fingerprint density at radius 3 is 2.05 bits per heavy atom.